The molecule has 1 saturated carbocycles. The minimum Gasteiger partial charge on any atom is -0.310 e. The molecule has 7 aromatic carbocycles. The van der Waals surface area contributed by atoms with E-state index < -0.39 is 0 Å². The lowest BCUT2D eigenvalue weighted by Crippen LogP contribution is -2.17. The van der Waals surface area contributed by atoms with Crippen molar-refractivity contribution in [1.29, 1.82) is 0 Å². The summed E-state index contributed by atoms with van der Waals surface area (Å²) in [5.74, 6) is 0.667. The van der Waals surface area contributed by atoms with Crippen LogP contribution in [-0.2, 0) is 10.8 Å². The van der Waals surface area contributed by atoms with Crippen molar-refractivity contribution < 1.29 is 0 Å². The highest BCUT2D eigenvalue weighted by Gasteiger charge is 2.38. The molecule has 1 fully saturated rings. The van der Waals surface area contributed by atoms with Crippen LogP contribution in [0.2, 0.25) is 0 Å². The van der Waals surface area contributed by atoms with Crippen molar-refractivity contribution in [1.82, 2.24) is 0 Å². The van der Waals surface area contributed by atoms with E-state index in [9.17, 15) is 0 Å². The molecule has 3 aliphatic rings. The van der Waals surface area contributed by atoms with Gasteiger partial charge in [0.2, 0.25) is 0 Å². The lowest BCUT2D eigenvalue weighted by Gasteiger charge is -2.30. The summed E-state index contributed by atoms with van der Waals surface area (Å²) in [4.78, 5) is 2.49. The normalized spacial score (nSPS) is 16.4. The van der Waals surface area contributed by atoms with Crippen molar-refractivity contribution in [3.63, 3.8) is 0 Å². The largest absolute Gasteiger partial charge is 0.310 e. The molecule has 0 heterocycles. The summed E-state index contributed by atoms with van der Waals surface area (Å²) < 4.78 is 0. The second-order valence-electron chi connectivity index (χ2n) is 17.5. The van der Waals surface area contributed by atoms with E-state index in [4.69, 9.17) is 0 Å². The van der Waals surface area contributed by atoms with Crippen LogP contribution in [0.5, 0.6) is 0 Å². The van der Waals surface area contributed by atoms with Crippen LogP contribution >= 0.6 is 0 Å². The van der Waals surface area contributed by atoms with Gasteiger partial charge in [-0.1, -0.05) is 169 Å². The van der Waals surface area contributed by atoms with Crippen molar-refractivity contribution in [2.45, 2.75) is 83.0 Å². The first kappa shape index (κ1) is 34.8. The SMILES string of the molecule is CC1(C)c2ccccc2-c2cc(-c3ccc4c(c3)-c3ccc(N(c5ccc(C6CCCCCC6)cc5)c5ccccc5-c5ccccc5)cc3C4(C)C)ccc21. The number of anilines is 3. The van der Waals surface area contributed by atoms with Crippen molar-refractivity contribution >= 4 is 17.1 Å². The van der Waals surface area contributed by atoms with Crippen molar-refractivity contribution in [2.75, 3.05) is 4.90 Å². The minimum atomic E-state index is -0.145. The highest BCUT2D eigenvalue weighted by atomic mass is 15.1. The maximum absolute atomic E-state index is 2.49. The Morgan fingerprint density at radius 3 is 1.61 bits per heavy atom. The van der Waals surface area contributed by atoms with E-state index in [0.717, 1.165) is 0 Å². The second-order valence-corrected chi connectivity index (χ2v) is 17.5. The van der Waals surface area contributed by atoms with Crippen LogP contribution in [0.4, 0.5) is 17.1 Å². The Balaban J connectivity index is 1.07. The van der Waals surface area contributed by atoms with Crippen molar-refractivity contribution in [3.05, 3.63) is 186 Å². The molecule has 56 heavy (non-hydrogen) atoms. The molecule has 0 aromatic heterocycles. The predicted octanol–water partition coefficient (Wildman–Crippen LogP) is 15.5. The molecule has 0 bridgehead atoms. The van der Waals surface area contributed by atoms with Gasteiger partial charge in [-0.05, 0) is 128 Å². The third-order valence-corrected chi connectivity index (χ3v) is 13.5. The van der Waals surface area contributed by atoms with E-state index in [0.29, 0.717) is 5.92 Å². The minimum absolute atomic E-state index is 0.00934. The van der Waals surface area contributed by atoms with Crippen LogP contribution in [0.1, 0.15) is 100.0 Å². The first-order chi connectivity index (χ1) is 27.3. The van der Waals surface area contributed by atoms with Crippen molar-refractivity contribution in [2.24, 2.45) is 0 Å². The smallest absolute Gasteiger partial charge is 0.0540 e. The number of rotatable bonds is 6. The molecule has 0 amide bonds. The molecule has 0 atom stereocenters. The van der Waals surface area contributed by atoms with Crippen LogP contribution in [0, 0.1) is 0 Å². The molecule has 276 valence electrons. The molecule has 0 unspecified atom stereocenters. The fraction of sp³-hybridized carbons (Fsp3) is 0.236. The Hall–Kier alpha value is -5.66. The van der Waals surface area contributed by atoms with Gasteiger partial charge in [0, 0.05) is 27.8 Å². The third-order valence-electron chi connectivity index (χ3n) is 13.5. The summed E-state index contributed by atoms with van der Waals surface area (Å²) in [7, 11) is 0. The number of benzene rings is 7. The fourth-order valence-corrected chi connectivity index (χ4v) is 10.4. The van der Waals surface area contributed by atoms with Crippen LogP contribution in [0.25, 0.3) is 44.5 Å². The van der Waals surface area contributed by atoms with Gasteiger partial charge in [0.1, 0.15) is 0 Å². The molecular weight excluding hydrogens is 675 g/mol. The molecule has 0 N–H and O–H groups in total. The van der Waals surface area contributed by atoms with Gasteiger partial charge in [-0.25, -0.2) is 0 Å². The highest BCUT2D eigenvalue weighted by Crippen LogP contribution is 2.53. The summed E-state index contributed by atoms with van der Waals surface area (Å²) in [6, 6.07) is 59.8. The van der Waals surface area contributed by atoms with E-state index >= 15 is 0 Å². The zero-order valence-electron chi connectivity index (χ0n) is 33.3. The highest BCUT2D eigenvalue weighted by molar-refractivity contribution is 5.92. The van der Waals surface area contributed by atoms with Gasteiger partial charge in [0.15, 0.2) is 0 Å². The molecule has 1 heteroatoms. The zero-order chi connectivity index (χ0) is 38.0. The summed E-state index contributed by atoms with van der Waals surface area (Å²) in [5, 5.41) is 0. The van der Waals surface area contributed by atoms with Crippen LogP contribution in [-0.4, -0.2) is 0 Å². The average Bonchev–Trinajstić information content (AvgIpc) is 3.41. The molecule has 1 nitrogen and oxygen atoms in total. The summed E-state index contributed by atoms with van der Waals surface area (Å²) >= 11 is 0. The van der Waals surface area contributed by atoms with E-state index in [2.05, 4.69) is 190 Å². The summed E-state index contributed by atoms with van der Waals surface area (Å²) in [6.07, 6.45) is 8.05. The molecule has 3 aliphatic carbocycles. The number of fused-ring (bicyclic) bond motifs is 6. The van der Waals surface area contributed by atoms with Gasteiger partial charge >= 0.3 is 0 Å². The summed E-state index contributed by atoms with van der Waals surface area (Å²) in [6.45, 7) is 9.52. The molecule has 0 radical (unpaired) electrons. The van der Waals surface area contributed by atoms with Gasteiger partial charge in [-0.2, -0.15) is 0 Å². The second kappa shape index (κ2) is 13.5. The van der Waals surface area contributed by atoms with Crippen molar-refractivity contribution in [3.8, 4) is 44.5 Å². The molecule has 10 rings (SSSR count). The van der Waals surface area contributed by atoms with Gasteiger partial charge in [0.05, 0.1) is 5.69 Å². The lowest BCUT2D eigenvalue weighted by atomic mass is 9.81. The monoisotopic (exact) mass is 725 g/mol. The first-order valence-electron chi connectivity index (χ1n) is 20.9. The van der Waals surface area contributed by atoms with Gasteiger partial charge < -0.3 is 4.90 Å². The molecule has 7 aromatic rings. The standard InChI is InChI=1S/C55H51N/c1-54(2)49-22-14-12-21-45(49)47-34-40(26-32-50(47)54)41-27-33-51-48(35-41)46-31-30-43(36-52(46)55(51,3)4)56(53-23-15-13-20-44(53)39-18-10-7-11-19-39)42-28-24-38(25-29-42)37-16-8-5-6-9-17-37/h7,10-15,18-37H,5-6,8-9,16-17H2,1-4H3. The summed E-state index contributed by atoms with van der Waals surface area (Å²) in [5.41, 5.74) is 21.0. The Morgan fingerprint density at radius 2 is 0.929 bits per heavy atom. The first-order valence-corrected chi connectivity index (χ1v) is 20.9. The maximum Gasteiger partial charge on any atom is 0.0540 e. The average molecular weight is 726 g/mol. The quantitative estimate of drug-likeness (QED) is 0.154. The molecular formula is C55H51N. The Bertz CT molecular complexity index is 2580. The van der Waals surface area contributed by atoms with E-state index in [1.54, 1.807) is 0 Å². The lowest BCUT2D eigenvalue weighted by molar-refractivity contribution is 0.592. The zero-order valence-corrected chi connectivity index (χ0v) is 33.3. The Labute approximate surface area is 333 Å². The maximum atomic E-state index is 2.49. The Kier molecular flexibility index (Phi) is 8.40. The number of nitrogens with zero attached hydrogens (tertiary/aromatic N) is 1. The van der Waals surface area contributed by atoms with E-state index in [1.807, 2.05) is 0 Å². The van der Waals surface area contributed by atoms with Crippen LogP contribution in [0.15, 0.2) is 158 Å². The van der Waals surface area contributed by atoms with E-state index in [1.165, 1.54) is 128 Å². The fourth-order valence-electron chi connectivity index (χ4n) is 10.4. The van der Waals surface area contributed by atoms with Gasteiger partial charge in [-0.3, -0.25) is 0 Å². The Morgan fingerprint density at radius 1 is 0.393 bits per heavy atom. The number of hydrogen-bond acceptors (Lipinski definition) is 1. The number of hydrogen-bond donors (Lipinski definition) is 0. The molecule has 0 saturated heterocycles. The van der Waals surface area contributed by atoms with E-state index in [-0.39, 0.29) is 10.8 Å². The topological polar surface area (TPSA) is 3.24 Å². The van der Waals surface area contributed by atoms with Crippen LogP contribution in [0.3, 0.4) is 0 Å². The number of para-hydroxylation sites is 1. The predicted molar refractivity (Wildman–Crippen MR) is 238 cm³/mol. The van der Waals surface area contributed by atoms with Crippen LogP contribution < -0.4 is 4.90 Å². The van der Waals surface area contributed by atoms with Gasteiger partial charge in [0.25, 0.3) is 0 Å². The third kappa shape index (κ3) is 5.66. The molecule has 0 aliphatic heterocycles. The van der Waals surface area contributed by atoms with Gasteiger partial charge in [-0.15, -0.1) is 0 Å². The molecule has 0 spiro atoms.